The van der Waals surface area contributed by atoms with E-state index in [0.29, 0.717) is 6.54 Å². The second kappa shape index (κ2) is 7.09. The molecule has 1 unspecified atom stereocenters. The first-order valence-electron chi connectivity index (χ1n) is 9.66. The third-order valence-electron chi connectivity index (χ3n) is 5.54. The van der Waals surface area contributed by atoms with Crippen molar-refractivity contribution in [2.75, 3.05) is 13.1 Å². The van der Waals surface area contributed by atoms with Gasteiger partial charge in [-0.05, 0) is 44.6 Å². The Kier molecular flexibility index (Phi) is 4.66. The van der Waals surface area contributed by atoms with Crippen molar-refractivity contribution in [3.63, 3.8) is 0 Å². The molecule has 0 spiro atoms. The number of amides is 1. The van der Waals surface area contributed by atoms with Crippen molar-refractivity contribution in [1.29, 1.82) is 0 Å². The van der Waals surface area contributed by atoms with Crippen LogP contribution in [0.5, 0.6) is 0 Å². The van der Waals surface area contributed by atoms with E-state index in [2.05, 4.69) is 5.10 Å². The van der Waals surface area contributed by atoms with Gasteiger partial charge in [0.1, 0.15) is 11.9 Å². The Balaban J connectivity index is 1.61. The molecule has 2 aromatic rings. The van der Waals surface area contributed by atoms with Crippen molar-refractivity contribution in [1.82, 2.24) is 19.2 Å². The number of carbonyl (C=O) groups excluding carboxylic acids is 1. The number of piperidine rings is 1. The van der Waals surface area contributed by atoms with Crippen molar-refractivity contribution in [3.05, 3.63) is 51.7 Å². The van der Waals surface area contributed by atoms with Crippen LogP contribution in [0, 0.1) is 6.92 Å². The minimum Gasteiger partial charge on any atom is -0.341 e. The first-order chi connectivity index (χ1) is 12.6. The van der Waals surface area contributed by atoms with Gasteiger partial charge in [0.15, 0.2) is 0 Å². The van der Waals surface area contributed by atoms with Gasteiger partial charge >= 0.3 is 5.69 Å². The first kappa shape index (κ1) is 17.1. The number of aromatic nitrogens is 3. The van der Waals surface area contributed by atoms with Gasteiger partial charge in [-0.1, -0.05) is 29.8 Å². The number of benzene rings is 1. The lowest BCUT2D eigenvalue weighted by Gasteiger charge is -2.32. The summed E-state index contributed by atoms with van der Waals surface area (Å²) in [4.78, 5) is 27.9. The van der Waals surface area contributed by atoms with Crippen molar-refractivity contribution in [2.45, 2.75) is 58.0 Å². The van der Waals surface area contributed by atoms with Gasteiger partial charge in [0.05, 0.1) is 6.54 Å². The topological polar surface area (TPSA) is 60.1 Å². The molecule has 138 valence electrons. The highest BCUT2D eigenvalue weighted by atomic mass is 16.2. The average Bonchev–Trinajstić information content (AvgIpc) is 2.99. The summed E-state index contributed by atoms with van der Waals surface area (Å²) in [5.74, 6) is 0.853. The Labute approximate surface area is 153 Å². The van der Waals surface area contributed by atoms with Crippen molar-refractivity contribution in [3.8, 4) is 0 Å². The Morgan fingerprint density at radius 3 is 2.58 bits per heavy atom. The van der Waals surface area contributed by atoms with Crippen molar-refractivity contribution in [2.24, 2.45) is 0 Å². The third-order valence-corrected chi connectivity index (χ3v) is 5.54. The Hall–Kier alpha value is -2.37. The zero-order valence-corrected chi connectivity index (χ0v) is 15.4. The molecule has 1 aromatic heterocycles. The van der Waals surface area contributed by atoms with E-state index in [1.807, 2.05) is 36.1 Å². The summed E-state index contributed by atoms with van der Waals surface area (Å²) < 4.78 is 3.18. The maximum absolute atomic E-state index is 13.0. The van der Waals surface area contributed by atoms with Crippen LogP contribution in [0.4, 0.5) is 0 Å². The van der Waals surface area contributed by atoms with E-state index >= 15 is 0 Å². The highest BCUT2D eigenvalue weighted by molar-refractivity contribution is 5.80. The lowest BCUT2D eigenvalue weighted by molar-refractivity contribution is -0.136. The number of likely N-dealkylation sites (tertiary alicyclic amines) is 1. The van der Waals surface area contributed by atoms with Crippen LogP contribution in [0.3, 0.4) is 0 Å². The fraction of sp³-hybridized carbons (Fsp3) is 0.550. The molecule has 0 saturated carbocycles. The minimum atomic E-state index is -0.379. The molecule has 0 bridgehead atoms. The summed E-state index contributed by atoms with van der Waals surface area (Å²) in [5, 5.41) is 4.54. The van der Waals surface area contributed by atoms with Gasteiger partial charge < -0.3 is 4.90 Å². The average molecular weight is 354 g/mol. The number of hydrogen-bond donors (Lipinski definition) is 0. The number of carbonyl (C=O) groups is 1. The predicted molar refractivity (Wildman–Crippen MR) is 99.2 cm³/mol. The molecule has 6 nitrogen and oxygen atoms in total. The third kappa shape index (κ3) is 3.20. The van der Waals surface area contributed by atoms with E-state index in [4.69, 9.17) is 0 Å². The maximum atomic E-state index is 13.0. The molecule has 1 aromatic carbocycles. The van der Waals surface area contributed by atoms with Gasteiger partial charge in [0.2, 0.25) is 5.91 Å². The smallest absolute Gasteiger partial charge is 0.341 e. The van der Waals surface area contributed by atoms with E-state index in [9.17, 15) is 9.59 Å². The maximum Gasteiger partial charge on any atom is 0.346 e. The van der Waals surface area contributed by atoms with Gasteiger partial charge in [-0.25, -0.2) is 9.48 Å². The van der Waals surface area contributed by atoms with Crippen LogP contribution in [0.25, 0.3) is 0 Å². The Bertz CT molecular complexity index is 844. The van der Waals surface area contributed by atoms with Crippen molar-refractivity contribution < 1.29 is 4.79 Å². The number of nitrogens with zero attached hydrogens (tertiary/aromatic N) is 4. The van der Waals surface area contributed by atoms with Gasteiger partial charge in [-0.15, -0.1) is 0 Å². The summed E-state index contributed by atoms with van der Waals surface area (Å²) in [7, 11) is 0. The molecule has 1 fully saturated rings. The molecular formula is C20H26N4O2. The summed E-state index contributed by atoms with van der Waals surface area (Å²) in [6.07, 6.45) is 5.72. The van der Waals surface area contributed by atoms with Crippen LogP contribution in [0.2, 0.25) is 0 Å². The molecule has 0 N–H and O–H groups in total. The van der Waals surface area contributed by atoms with E-state index in [0.717, 1.165) is 56.6 Å². The zero-order valence-electron chi connectivity index (χ0n) is 15.4. The molecule has 0 radical (unpaired) electrons. The van der Waals surface area contributed by atoms with Gasteiger partial charge in [-0.2, -0.15) is 5.10 Å². The van der Waals surface area contributed by atoms with E-state index in [1.54, 1.807) is 4.57 Å². The van der Waals surface area contributed by atoms with Crippen LogP contribution < -0.4 is 5.69 Å². The SMILES string of the molecule is Cc1ccc(Cn2nc3n(c2=O)C(C(=O)N2CCCCC2)CCC3)cc1. The van der Waals surface area contributed by atoms with Crippen LogP contribution in [-0.4, -0.2) is 38.2 Å². The van der Waals surface area contributed by atoms with E-state index < -0.39 is 0 Å². The van der Waals surface area contributed by atoms with Crippen LogP contribution >= 0.6 is 0 Å². The lowest BCUT2D eigenvalue weighted by Crippen LogP contribution is -2.44. The largest absolute Gasteiger partial charge is 0.346 e. The first-order valence-corrected chi connectivity index (χ1v) is 9.66. The second-order valence-electron chi connectivity index (χ2n) is 7.51. The highest BCUT2D eigenvalue weighted by Gasteiger charge is 2.33. The van der Waals surface area contributed by atoms with E-state index in [1.165, 1.54) is 16.7 Å². The molecule has 0 aliphatic carbocycles. The van der Waals surface area contributed by atoms with E-state index in [-0.39, 0.29) is 17.6 Å². The van der Waals surface area contributed by atoms with Crippen molar-refractivity contribution >= 4 is 5.91 Å². The summed E-state index contributed by atoms with van der Waals surface area (Å²) in [5.41, 5.74) is 2.08. The van der Waals surface area contributed by atoms with Gasteiger partial charge in [0, 0.05) is 19.5 Å². The molecule has 2 aliphatic heterocycles. The fourth-order valence-corrected chi connectivity index (χ4v) is 4.06. The fourth-order valence-electron chi connectivity index (χ4n) is 4.06. The molecule has 4 rings (SSSR count). The molecule has 26 heavy (non-hydrogen) atoms. The summed E-state index contributed by atoms with van der Waals surface area (Å²) >= 11 is 0. The van der Waals surface area contributed by atoms with Gasteiger partial charge in [0.25, 0.3) is 0 Å². The Morgan fingerprint density at radius 1 is 1.12 bits per heavy atom. The molecule has 6 heteroatoms. The summed E-state index contributed by atoms with van der Waals surface area (Å²) in [6.45, 7) is 4.12. The lowest BCUT2D eigenvalue weighted by atomic mass is 10.0. The quantitative estimate of drug-likeness (QED) is 0.850. The molecule has 1 atom stereocenters. The normalized spacial score (nSPS) is 20.0. The number of fused-ring (bicyclic) bond motifs is 1. The highest BCUT2D eigenvalue weighted by Crippen LogP contribution is 2.25. The van der Waals surface area contributed by atoms with Crippen LogP contribution in [0.15, 0.2) is 29.1 Å². The Morgan fingerprint density at radius 2 is 1.85 bits per heavy atom. The number of hydrogen-bond acceptors (Lipinski definition) is 3. The van der Waals surface area contributed by atoms with Crippen LogP contribution in [-0.2, 0) is 17.8 Å². The second-order valence-corrected chi connectivity index (χ2v) is 7.51. The summed E-state index contributed by atoms with van der Waals surface area (Å²) in [6, 6.07) is 7.75. The standard InChI is InChI=1S/C20H26N4O2/c1-15-8-10-16(11-9-15)14-23-20(26)24-17(6-5-7-18(24)21-23)19(25)22-12-3-2-4-13-22/h8-11,17H,2-7,12-14H2,1H3. The number of aryl methyl sites for hydroxylation is 2. The van der Waals surface area contributed by atoms with Gasteiger partial charge in [-0.3, -0.25) is 9.36 Å². The predicted octanol–water partition coefficient (Wildman–Crippen LogP) is 2.29. The molecule has 1 amide bonds. The van der Waals surface area contributed by atoms with Crippen LogP contribution in [0.1, 0.15) is 55.1 Å². The molecule has 3 heterocycles. The monoisotopic (exact) mass is 354 g/mol. The zero-order chi connectivity index (χ0) is 18.1. The molecule has 1 saturated heterocycles. The molecular weight excluding hydrogens is 328 g/mol. The number of rotatable bonds is 3. The molecule has 2 aliphatic rings. The minimum absolute atomic E-state index is 0.0997.